The maximum atomic E-state index is 15.0. The number of halogens is 1. The number of ether oxygens (including phenoxy) is 2. The minimum absolute atomic E-state index is 0.0782. The molecule has 0 atom stereocenters. The number of hydrogen-bond acceptors (Lipinski definition) is 7. The molecule has 0 radical (unpaired) electrons. The van der Waals surface area contributed by atoms with Gasteiger partial charge >= 0.3 is 19.7 Å². The van der Waals surface area contributed by atoms with Crippen molar-refractivity contribution in [1.29, 1.82) is 0 Å². The third kappa shape index (κ3) is 6.15. The Balaban J connectivity index is 2.62. The van der Waals surface area contributed by atoms with Crippen molar-refractivity contribution in [3.05, 3.63) is 35.3 Å². The molecular weight excluding hydrogens is 428 g/mol. The number of rotatable bonds is 8. The van der Waals surface area contributed by atoms with Crippen LogP contribution in [0.1, 0.15) is 57.6 Å². The highest BCUT2D eigenvalue weighted by molar-refractivity contribution is 7.53. The van der Waals surface area contributed by atoms with Crippen LogP contribution in [0.15, 0.2) is 18.2 Å². The highest BCUT2D eigenvalue weighted by atomic mass is 31.2. The van der Waals surface area contributed by atoms with E-state index in [-0.39, 0.29) is 42.8 Å². The topological polar surface area (TPSA) is 93.1 Å². The lowest BCUT2D eigenvalue weighted by Crippen LogP contribution is -2.29. The first-order valence-corrected chi connectivity index (χ1v) is 11.8. The SMILES string of the molecule is CCOC(=O)c1cc2cc(CP(=O)(OCC)OCC)c(F)cc2n1C(=O)OC(C)(C)C. The van der Waals surface area contributed by atoms with Crippen molar-refractivity contribution in [2.24, 2.45) is 0 Å². The highest BCUT2D eigenvalue weighted by Gasteiger charge is 2.29. The zero-order valence-corrected chi connectivity index (χ0v) is 19.6. The summed E-state index contributed by atoms with van der Waals surface area (Å²) in [7, 11) is -3.56. The normalized spacial score (nSPS) is 12.2. The Morgan fingerprint density at radius 1 is 1.03 bits per heavy atom. The number of nitrogens with zero attached hydrogens (tertiary/aromatic N) is 1. The molecule has 0 saturated heterocycles. The fraction of sp³-hybridized carbons (Fsp3) is 0.524. The summed E-state index contributed by atoms with van der Waals surface area (Å²) in [5, 5.41) is 0.379. The van der Waals surface area contributed by atoms with Gasteiger partial charge in [0.2, 0.25) is 0 Å². The fourth-order valence-corrected chi connectivity index (χ4v) is 4.69. The minimum atomic E-state index is -3.56. The summed E-state index contributed by atoms with van der Waals surface area (Å²) in [6, 6.07) is 3.92. The number of benzene rings is 1. The summed E-state index contributed by atoms with van der Waals surface area (Å²) in [5.74, 6) is -1.47. The van der Waals surface area contributed by atoms with Gasteiger partial charge in [0.05, 0.1) is 31.5 Å². The number of fused-ring (bicyclic) bond motifs is 1. The van der Waals surface area contributed by atoms with Gasteiger partial charge in [-0.2, -0.15) is 0 Å². The summed E-state index contributed by atoms with van der Waals surface area (Å²) in [4.78, 5) is 25.2. The van der Waals surface area contributed by atoms with Crippen molar-refractivity contribution in [2.45, 2.75) is 53.3 Å². The largest absolute Gasteiger partial charge is 0.461 e. The second-order valence-corrected chi connectivity index (χ2v) is 9.73. The van der Waals surface area contributed by atoms with Gasteiger partial charge < -0.3 is 18.5 Å². The van der Waals surface area contributed by atoms with E-state index in [1.54, 1.807) is 41.5 Å². The van der Waals surface area contributed by atoms with E-state index < -0.39 is 31.1 Å². The van der Waals surface area contributed by atoms with Gasteiger partial charge in [-0.15, -0.1) is 0 Å². The van der Waals surface area contributed by atoms with E-state index in [1.165, 1.54) is 12.1 Å². The Kier molecular flexibility index (Phi) is 8.03. The quantitative estimate of drug-likeness (QED) is 0.381. The van der Waals surface area contributed by atoms with Crippen molar-refractivity contribution < 1.29 is 37.1 Å². The third-order valence-electron chi connectivity index (χ3n) is 4.05. The number of hydrogen-bond donors (Lipinski definition) is 0. The van der Waals surface area contributed by atoms with Gasteiger partial charge in [-0.25, -0.2) is 18.5 Å². The lowest BCUT2D eigenvalue weighted by Gasteiger charge is -2.21. The minimum Gasteiger partial charge on any atom is -0.461 e. The summed E-state index contributed by atoms with van der Waals surface area (Å²) < 4.78 is 49.7. The van der Waals surface area contributed by atoms with Crippen molar-refractivity contribution in [3.63, 3.8) is 0 Å². The standard InChI is InChI=1S/C21H29FNO7P/c1-7-27-19(24)18-11-14-10-15(13-31(26,28-8-2)29-9-3)16(22)12-17(14)23(18)20(25)30-21(4,5)6/h10-12H,7-9,13H2,1-6H3. The van der Waals surface area contributed by atoms with E-state index in [0.717, 1.165) is 10.6 Å². The Labute approximate surface area is 181 Å². The van der Waals surface area contributed by atoms with Crippen LogP contribution in [-0.4, -0.2) is 42.1 Å². The van der Waals surface area contributed by atoms with E-state index in [2.05, 4.69) is 0 Å². The molecule has 8 nitrogen and oxygen atoms in total. The molecule has 0 amide bonds. The number of aromatic nitrogens is 1. The second kappa shape index (κ2) is 9.94. The van der Waals surface area contributed by atoms with Crippen LogP contribution < -0.4 is 0 Å². The first-order chi connectivity index (χ1) is 14.4. The van der Waals surface area contributed by atoms with Crippen LogP contribution in [0.4, 0.5) is 9.18 Å². The van der Waals surface area contributed by atoms with Crippen molar-refractivity contribution in [1.82, 2.24) is 4.57 Å². The number of carbonyl (C=O) groups is 2. The van der Waals surface area contributed by atoms with E-state index in [1.807, 2.05) is 0 Å². The van der Waals surface area contributed by atoms with Crippen molar-refractivity contribution >= 4 is 30.6 Å². The average Bonchev–Trinajstić information content (AvgIpc) is 2.99. The van der Waals surface area contributed by atoms with Crippen LogP contribution in [0.2, 0.25) is 0 Å². The van der Waals surface area contributed by atoms with E-state index in [9.17, 15) is 18.5 Å². The van der Waals surface area contributed by atoms with E-state index in [0.29, 0.717) is 5.39 Å². The molecule has 1 heterocycles. The molecule has 1 aromatic heterocycles. The number of esters is 1. The van der Waals surface area contributed by atoms with Gasteiger partial charge in [0.15, 0.2) is 0 Å². The van der Waals surface area contributed by atoms with E-state index in [4.69, 9.17) is 18.5 Å². The van der Waals surface area contributed by atoms with Crippen LogP contribution >= 0.6 is 7.60 Å². The molecule has 0 unspecified atom stereocenters. The Morgan fingerprint density at radius 2 is 1.65 bits per heavy atom. The maximum Gasteiger partial charge on any atom is 0.419 e. The van der Waals surface area contributed by atoms with Gasteiger partial charge in [0, 0.05) is 10.9 Å². The molecule has 0 bridgehead atoms. The van der Waals surface area contributed by atoms with Gasteiger partial charge in [-0.1, -0.05) is 0 Å². The average molecular weight is 457 g/mol. The van der Waals surface area contributed by atoms with Crippen molar-refractivity contribution in [3.8, 4) is 0 Å². The molecule has 172 valence electrons. The Morgan fingerprint density at radius 3 is 2.16 bits per heavy atom. The Hall–Kier alpha value is -2.22. The summed E-state index contributed by atoms with van der Waals surface area (Å²) in [6.45, 7) is 10.4. The molecule has 0 spiro atoms. The molecule has 0 saturated carbocycles. The van der Waals surface area contributed by atoms with Crippen LogP contribution in [0, 0.1) is 5.82 Å². The predicted octanol–water partition coefficient (Wildman–Crippen LogP) is 5.51. The van der Waals surface area contributed by atoms with Gasteiger partial charge in [0.1, 0.15) is 17.1 Å². The van der Waals surface area contributed by atoms with Crippen LogP contribution in [0.25, 0.3) is 10.9 Å². The van der Waals surface area contributed by atoms with Crippen LogP contribution in [0.5, 0.6) is 0 Å². The summed E-state index contributed by atoms with van der Waals surface area (Å²) in [6.07, 6.45) is -1.13. The monoisotopic (exact) mass is 457 g/mol. The molecule has 0 aliphatic heterocycles. The maximum absolute atomic E-state index is 15.0. The highest BCUT2D eigenvalue weighted by Crippen LogP contribution is 2.51. The first-order valence-electron chi connectivity index (χ1n) is 10.1. The molecule has 0 N–H and O–H groups in total. The molecule has 1 aromatic carbocycles. The zero-order chi connectivity index (χ0) is 23.4. The molecule has 2 rings (SSSR count). The zero-order valence-electron chi connectivity index (χ0n) is 18.7. The van der Waals surface area contributed by atoms with Crippen LogP contribution in [-0.2, 0) is 29.2 Å². The molecule has 0 fully saturated rings. The smallest absolute Gasteiger partial charge is 0.419 e. The fourth-order valence-electron chi connectivity index (χ4n) is 2.99. The number of carbonyl (C=O) groups excluding carboxylic acids is 2. The lowest BCUT2D eigenvalue weighted by atomic mass is 10.1. The molecule has 31 heavy (non-hydrogen) atoms. The van der Waals surface area contributed by atoms with Gasteiger partial charge in [0.25, 0.3) is 0 Å². The second-order valence-electron chi connectivity index (χ2n) is 7.67. The molecule has 10 heteroatoms. The third-order valence-corrected chi connectivity index (χ3v) is 6.08. The summed E-state index contributed by atoms with van der Waals surface area (Å²) >= 11 is 0. The molecule has 0 aliphatic rings. The molecule has 2 aromatic rings. The lowest BCUT2D eigenvalue weighted by molar-refractivity contribution is 0.0454. The predicted molar refractivity (Wildman–Crippen MR) is 114 cm³/mol. The molecular formula is C21H29FNO7P. The van der Waals surface area contributed by atoms with Gasteiger partial charge in [-0.05, 0) is 59.7 Å². The molecule has 0 aliphatic carbocycles. The van der Waals surface area contributed by atoms with Gasteiger partial charge in [-0.3, -0.25) is 4.57 Å². The van der Waals surface area contributed by atoms with Crippen molar-refractivity contribution in [2.75, 3.05) is 19.8 Å². The summed E-state index contributed by atoms with van der Waals surface area (Å²) in [5.41, 5.74) is -0.726. The van der Waals surface area contributed by atoms with Crippen LogP contribution in [0.3, 0.4) is 0 Å². The Bertz CT molecular complexity index is 999. The van der Waals surface area contributed by atoms with E-state index >= 15 is 0 Å². The first kappa shape index (κ1) is 25.0.